The summed E-state index contributed by atoms with van der Waals surface area (Å²) in [7, 11) is 0. The Hall–Kier alpha value is -0.850. The van der Waals surface area contributed by atoms with Crippen molar-refractivity contribution in [2.24, 2.45) is 0 Å². The summed E-state index contributed by atoms with van der Waals surface area (Å²) in [5.41, 5.74) is 1.76. The third-order valence-electron chi connectivity index (χ3n) is 4.03. The highest BCUT2D eigenvalue weighted by molar-refractivity contribution is 5.17. The predicted molar refractivity (Wildman–Crippen MR) is 68.5 cm³/mol. The highest BCUT2D eigenvalue weighted by atomic mass is 14.7. The Kier molecular flexibility index (Phi) is 3.98. The van der Waals surface area contributed by atoms with Crippen molar-refractivity contribution in [2.45, 2.75) is 63.7 Å². The molecule has 1 heterocycles. The molecule has 1 aliphatic carbocycles. The highest BCUT2D eigenvalue weighted by Gasteiger charge is 2.34. The summed E-state index contributed by atoms with van der Waals surface area (Å²) in [6.45, 7) is 2.29. The standard InChI is InChI=1S/C15H23N/c1-2-3-10-15(11-6-4-7-12-15)14-9-5-8-13-16-14/h5,8-9,13H,2-4,6-7,10-12H2,1H3. The second-order valence-corrected chi connectivity index (χ2v) is 5.16. The molecule has 1 aromatic heterocycles. The van der Waals surface area contributed by atoms with Crippen LogP contribution in [-0.4, -0.2) is 4.98 Å². The Labute approximate surface area is 99.3 Å². The molecule has 1 nitrogen and oxygen atoms in total. The molecule has 2 rings (SSSR count). The zero-order chi connectivity index (χ0) is 11.3. The van der Waals surface area contributed by atoms with Crippen LogP contribution in [-0.2, 0) is 5.41 Å². The van der Waals surface area contributed by atoms with Crippen LogP contribution in [0.1, 0.15) is 64.0 Å². The molecule has 1 aliphatic rings. The first-order valence-corrected chi connectivity index (χ1v) is 6.79. The van der Waals surface area contributed by atoms with Crippen molar-refractivity contribution in [2.75, 3.05) is 0 Å². The highest BCUT2D eigenvalue weighted by Crippen LogP contribution is 2.42. The molecule has 0 saturated heterocycles. The summed E-state index contributed by atoms with van der Waals surface area (Å²) in [6.07, 6.45) is 12.8. The van der Waals surface area contributed by atoms with E-state index in [1.54, 1.807) is 0 Å². The normalized spacial score (nSPS) is 19.6. The second-order valence-electron chi connectivity index (χ2n) is 5.16. The minimum atomic E-state index is 0.412. The van der Waals surface area contributed by atoms with E-state index < -0.39 is 0 Å². The van der Waals surface area contributed by atoms with Crippen molar-refractivity contribution in [3.8, 4) is 0 Å². The van der Waals surface area contributed by atoms with E-state index in [9.17, 15) is 0 Å². The van der Waals surface area contributed by atoms with Crippen LogP contribution in [0.25, 0.3) is 0 Å². The van der Waals surface area contributed by atoms with Gasteiger partial charge in [0, 0.05) is 17.3 Å². The van der Waals surface area contributed by atoms with E-state index in [0.717, 1.165) is 0 Å². The van der Waals surface area contributed by atoms with Crippen LogP contribution in [0.3, 0.4) is 0 Å². The zero-order valence-electron chi connectivity index (χ0n) is 10.4. The average Bonchev–Trinajstić information content (AvgIpc) is 2.38. The van der Waals surface area contributed by atoms with Gasteiger partial charge in [-0.2, -0.15) is 0 Å². The third-order valence-corrected chi connectivity index (χ3v) is 4.03. The quantitative estimate of drug-likeness (QED) is 0.725. The van der Waals surface area contributed by atoms with Gasteiger partial charge in [0.2, 0.25) is 0 Å². The van der Waals surface area contributed by atoms with Gasteiger partial charge in [-0.25, -0.2) is 0 Å². The lowest BCUT2D eigenvalue weighted by Gasteiger charge is -2.37. The van der Waals surface area contributed by atoms with Crippen molar-refractivity contribution in [1.29, 1.82) is 0 Å². The smallest absolute Gasteiger partial charge is 0.0465 e. The van der Waals surface area contributed by atoms with Gasteiger partial charge in [-0.15, -0.1) is 0 Å². The van der Waals surface area contributed by atoms with Gasteiger partial charge in [-0.05, 0) is 31.4 Å². The predicted octanol–water partition coefficient (Wildman–Crippen LogP) is 4.47. The summed E-state index contributed by atoms with van der Waals surface area (Å²) >= 11 is 0. The lowest BCUT2D eigenvalue weighted by molar-refractivity contribution is 0.261. The van der Waals surface area contributed by atoms with Gasteiger partial charge in [0.25, 0.3) is 0 Å². The Morgan fingerprint density at radius 1 is 1.19 bits per heavy atom. The molecule has 0 N–H and O–H groups in total. The maximum absolute atomic E-state index is 4.63. The Balaban J connectivity index is 2.19. The molecule has 0 aliphatic heterocycles. The van der Waals surface area contributed by atoms with Crippen LogP contribution in [0.4, 0.5) is 0 Å². The van der Waals surface area contributed by atoms with Crippen molar-refractivity contribution in [3.63, 3.8) is 0 Å². The van der Waals surface area contributed by atoms with E-state index in [1.807, 2.05) is 12.3 Å². The molecule has 1 aromatic rings. The first-order chi connectivity index (χ1) is 7.87. The molecule has 0 radical (unpaired) electrons. The minimum absolute atomic E-state index is 0.412. The van der Waals surface area contributed by atoms with Gasteiger partial charge in [0.15, 0.2) is 0 Å². The lowest BCUT2D eigenvalue weighted by Crippen LogP contribution is -2.30. The van der Waals surface area contributed by atoms with E-state index in [1.165, 1.54) is 57.1 Å². The van der Waals surface area contributed by atoms with Gasteiger partial charge >= 0.3 is 0 Å². The van der Waals surface area contributed by atoms with E-state index in [-0.39, 0.29) is 0 Å². The molecule has 16 heavy (non-hydrogen) atoms. The number of rotatable bonds is 4. The number of aromatic nitrogens is 1. The van der Waals surface area contributed by atoms with E-state index in [4.69, 9.17) is 0 Å². The fourth-order valence-electron chi connectivity index (χ4n) is 3.05. The number of unbranched alkanes of at least 4 members (excludes halogenated alkanes) is 1. The number of nitrogens with zero attached hydrogens (tertiary/aromatic N) is 1. The van der Waals surface area contributed by atoms with Crippen LogP contribution in [0, 0.1) is 0 Å². The minimum Gasteiger partial charge on any atom is -0.261 e. The van der Waals surface area contributed by atoms with Crippen LogP contribution < -0.4 is 0 Å². The molecule has 1 heteroatoms. The summed E-state index contributed by atoms with van der Waals surface area (Å²) in [5.74, 6) is 0. The molecule has 0 atom stereocenters. The van der Waals surface area contributed by atoms with Crippen molar-refractivity contribution < 1.29 is 0 Å². The summed E-state index contributed by atoms with van der Waals surface area (Å²) < 4.78 is 0. The molecule has 1 saturated carbocycles. The molecule has 88 valence electrons. The van der Waals surface area contributed by atoms with Gasteiger partial charge in [0.05, 0.1) is 0 Å². The topological polar surface area (TPSA) is 12.9 Å². The summed E-state index contributed by atoms with van der Waals surface area (Å²) in [5, 5.41) is 0. The van der Waals surface area contributed by atoms with Gasteiger partial charge in [0.1, 0.15) is 0 Å². The lowest BCUT2D eigenvalue weighted by atomic mass is 9.68. The van der Waals surface area contributed by atoms with Crippen molar-refractivity contribution in [1.82, 2.24) is 4.98 Å². The maximum Gasteiger partial charge on any atom is 0.0465 e. The molecule has 0 spiro atoms. The first kappa shape index (κ1) is 11.6. The Bertz CT molecular complexity index is 298. The number of hydrogen-bond acceptors (Lipinski definition) is 1. The van der Waals surface area contributed by atoms with Crippen LogP contribution in [0.15, 0.2) is 24.4 Å². The molecule has 0 amide bonds. The average molecular weight is 217 g/mol. The largest absolute Gasteiger partial charge is 0.261 e. The second kappa shape index (κ2) is 5.47. The molecular formula is C15H23N. The van der Waals surface area contributed by atoms with Gasteiger partial charge in [-0.3, -0.25) is 4.98 Å². The summed E-state index contributed by atoms with van der Waals surface area (Å²) in [6, 6.07) is 6.41. The number of hydrogen-bond donors (Lipinski definition) is 0. The maximum atomic E-state index is 4.63. The number of pyridine rings is 1. The monoisotopic (exact) mass is 217 g/mol. The molecular weight excluding hydrogens is 194 g/mol. The first-order valence-electron chi connectivity index (χ1n) is 6.79. The summed E-state index contributed by atoms with van der Waals surface area (Å²) in [4.78, 5) is 4.63. The molecule has 0 unspecified atom stereocenters. The zero-order valence-corrected chi connectivity index (χ0v) is 10.4. The van der Waals surface area contributed by atoms with Crippen molar-refractivity contribution >= 4 is 0 Å². The van der Waals surface area contributed by atoms with E-state index >= 15 is 0 Å². The fraction of sp³-hybridized carbons (Fsp3) is 0.667. The van der Waals surface area contributed by atoms with Gasteiger partial charge in [-0.1, -0.05) is 45.1 Å². The van der Waals surface area contributed by atoms with Gasteiger partial charge < -0.3 is 0 Å². The fourth-order valence-corrected chi connectivity index (χ4v) is 3.05. The van der Waals surface area contributed by atoms with E-state index in [2.05, 4.69) is 24.0 Å². The molecule has 0 bridgehead atoms. The molecule has 1 fully saturated rings. The van der Waals surface area contributed by atoms with Crippen LogP contribution in [0.2, 0.25) is 0 Å². The molecule has 0 aromatic carbocycles. The van der Waals surface area contributed by atoms with Crippen LogP contribution in [0.5, 0.6) is 0 Å². The SMILES string of the molecule is CCCCC1(c2ccccn2)CCCCC1. The third kappa shape index (κ3) is 2.45. The van der Waals surface area contributed by atoms with E-state index in [0.29, 0.717) is 5.41 Å². The Morgan fingerprint density at radius 3 is 2.62 bits per heavy atom. The Morgan fingerprint density at radius 2 is 2.00 bits per heavy atom. The van der Waals surface area contributed by atoms with Crippen LogP contribution >= 0.6 is 0 Å². The van der Waals surface area contributed by atoms with Crippen molar-refractivity contribution in [3.05, 3.63) is 30.1 Å².